The molecule has 0 fully saturated rings. The van der Waals surface area contributed by atoms with Crippen molar-refractivity contribution in [2.45, 2.75) is 64.6 Å². The first kappa shape index (κ1) is 26.6. The zero-order valence-corrected chi connectivity index (χ0v) is 19.4. The molecule has 0 bridgehead atoms. The van der Waals surface area contributed by atoms with Gasteiger partial charge in [0.05, 0.1) is 4.92 Å². The molecule has 0 radical (unpaired) electrons. The summed E-state index contributed by atoms with van der Waals surface area (Å²) in [7, 11) is 0. The van der Waals surface area contributed by atoms with Crippen molar-refractivity contribution in [1.82, 2.24) is 0 Å². The minimum atomic E-state index is -0.952. The van der Waals surface area contributed by atoms with Crippen molar-refractivity contribution in [2.24, 2.45) is 0 Å². The Morgan fingerprint density at radius 2 is 1.65 bits per heavy atom. The molecule has 0 amide bonds. The minimum Gasteiger partial charge on any atom is -0.458 e. The number of esters is 1. The van der Waals surface area contributed by atoms with Crippen molar-refractivity contribution < 1.29 is 28.7 Å². The number of unbranched alkanes of at least 4 members (excludes halogenated alkanes) is 5. The molecule has 1 atom stereocenters. The van der Waals surface area contributed by atoms with Gasteiger partial charge in [0.25, 0.3) is 5.69 Å². The van der Waals surface area contributed by atoms with E-state index in [1.807, 2.05) is 30.3 Å². The predicted molar refractivity (Wildman–Crippen MR) is 127 cm³/mol. The normalized spacial score (nSPS) is 11.7. The van der Waals surface area contributed by atoms with Gasteiger partial charge in [-0.3, -0.25) is 10.1 Å². The van der Waals surface area contributed by atoms with E-state index in [2.05, 4.69) is 6.92 Å². The van der Waals surface area contributed by atoms with E-state index in [1.54, 1.807) is 0 Å². The lowest BCUT2D eigenvalue weighted by Crippen LogP contribution is -2.20. The van der Waals surface area contributed by atoms with E-state index in [0.29, 0.717) is 6.42 Å². The van der Waals surface area contributed by atoms with Crippen molar-refractivity contribution in [3.05, 3.63) is 82.4 Å². The molecular weight excluding hydrogens is 438 g/mol. The molecule has 1 unspecified atom stereocenters. The maximum Gasteiger partial charge on any atom is 0.514 e. The molecule has 34 heavy (non-hydrogen) atoms. The zero-order valence-electron chi connectivity index (χ0n) is 19.4. The van der Waals surface area contributed by atoms with Gasteiger partial charge in [0.1, 0.15) is 18.5 Å². The maximum atomic E-state index is 12.2. The van der Waals surface area contributed by atoms with Gasteiger partial charge in [0, 0.05) is 18.2 Å². The van der Waals surface area contributed by atoms with Crippen LogP contribution in [0.25, 0.3) is 0 Å². The summed E-state index contributed by atoms with van der Waals surface area (Å²) in [5.41, 5.74) is 0.759. The lowest BCUT2D eigenvalue weighted by atomic mass is 10.1. The van der Waals surface area contributed by atoms with Crippen molar-refractivity contribution in [3.63, 3.8) is 0 Å². The second kappa shape index (κ2) is 15.2. The van der Waals surface area contributed by atoms with E-state index in [1.165, 1.54) is 42.8 Å². The fourth-order valence-electron chi connectivity index (χ4n) is 3.16. The third kappa shape index (κ3) is 10.8. The third-order valence-electron chi connectivity index (χ3n) is 5.01. The fourth-order valence-corrected chi connectivity index (χ4v) is 3.16. The molecule has 8 heteroatoms. The summed E-state index contributed by atoms with van der Waals surface area (Å²) in [5, 5.41) is 10.7. The van der Waals surface area contributed by atoms with Gasteiger partial charge in [-0.05, 0) is 36.6 Å². The Labute approximate surface area is 199 Å². The van der Waals surface area contributed by atoms with Gasteiger partial charge in [-0.15, -0.1) is 0 Å². The number of carbonyl (C=O) groups is 2. The summed E-state index contributed by atoms with van der Waals surface area (Å²) in [5.74, 6) is -0.413. The average Bonchev–Trinajstić information content (AvgIpc) is 2.84. The van der Waals surface area contributed by atoms with E-state index < -0.39 is 23.2 Å². The Morgan fingerprint density at radius 1 is 0.971 bits per heavy atom. The van der Waals surface area contributed by atoms with E-state index >= 15 is 0 Å². The van der Waals surface area contributed by atoms with Crippen molar-refractivity contribution in [1.29, 1.82) is 0 Å². The lowest BCUT2D eigenvalue weighted by molar-refractivity contribution is -0.384. The third-order valence-corrected chi connectivity index (χ3v) is 5.01. The highest BCUT2D eigenvalue weighted by atomic mass is 16.7. The minimum absolute atomic E-state index is 0.112. The maximum absolute atomic E-state index is 12.2. The van der Waals surface area contributed by atoms with Gasteiger partial charge in [0.2, 0.25) is 0 Å². The molecule has 0 saturated carbocycles. The Bertz CT molecular complexity index is 926. The molecule has 182 valence electrons. The number of rotatable bonds is 14. The standard InChI is InChI=1S/C26H31NO7/c1-2-3-4-5-6-10-13-23(18-19-25(28)32-20-21-11-8-7-9-12-21)33-26(29)34-24-16-14-22(15-17-24)27(30)31/h7-9,11-12,14-19,23H,2-6,10,13,20H2,1H3. The van der Waals surface area contributed by atoms with Crippen LogP contribution in [-0.2, 0) is 20.9 Å². The number of benzene rings is 2. The van der Waals surface area contributed by atoms with Crippen LogP contribution in [0.4, 0.5) is 10.5 Å². The summed E-state index contributed by atoms with van der Waals surface area (Å²) in [4.78, 5) is 34.5. The van der Waals surface area contributed by atoms with Crippen LogP contribution in [0.2, 0.25) is 0 Å². The van der Waals surface area contributed by atoms with E-state index in [4.69, 9.17) is 14.2 Å². The molecule has 0 aliphatic carbocycles. The quantitative estimate of drug-likeness (QED) is 0.0773. The number of nitro benzene ring substituents is 1. The van der Waals surface area contributed by atoms with Crippen molar-refractivity contribution in [3.8, 4) is 5.75 Å². The number of nitrogens with zero attached hydrogens (tertiary/aromatic N) is 1. The summed E-state index contributed by atoms with van der Waals surface area (Å²) >= 11 is 0. The van der Waals surface area contributed by atoms with Gasteiger partial charge in [-0.1, -0.05) is 69.4 Å². The Balaban J connectivity index is 1.89. The molecule has 2 rings (SSSR count). The van der Waals surface area contributed by atoms with Crippen molar-refractivity contribution in [2.75, 3.05) is 0 Å². The molecule has 0 aliphatic rings. The first-order valence-electron chi connectivity index (χ1n) is 11.5. The second-order valence-corrected chi connectivity index (χ2v) is 7.77. The lowest BCUT2D eigenvalue weighted by Gasteiger charge is -2.14. The van der Waals surface area contributed by atoms with Gasteiger partial charge < -0.3 is 14.2 Å². The number of non-ortho nitro benzene ring substituents is 1. The van der Waals surface area contributed by atoms with E-state index in [9.17, 15) is 19.7 Å². The Morgan fingerprint density at radius 3 is 2.32 bits per heavy atom. The molecule has 0 heterocycles. The van der Waals surface area contributed by atoms with Gasteiger partial charge in [0.15, 0.2) is 0 Å². The first-order valence-corrected chi connectivity index (χ1v) is 11.5. The summed E-state index contributed by atoms with van der Waals surface area (Å²) < 4.78 is 15.7. The molecular formula is C26H31NO7. The molecule has 0 saturated heterocycles. The van der Waals surface area contributed by atoms with Gasteiger partial charge >= 0.3 is 12.1 Å². The second-order valence-electron chi connectivity index (χ2n) is 7.77. The van der Waals surface area contributed by atoms with E-state index in [-0.39, 0.29) is 18.0 Å². The molecule has 0 N–H and O–H groups in total. The van der Waals surface area contributed by atoms with Crippen LogP contribution in [0.15, 0.2) is 66.7 Å². The number of hydrogen-bond donors (Lipinski definition) is 0. The largest absolute Gasteiger partial charge is 0.514 e. The Hall–Kier alpha value is -3.68. The smallest absolute Gasteiger partial charge is 0.458 e. The van der Waals surface area contributed by atoms with E-state index in [0.717, 1.165) is 37.7 Å². The summed E-state index contributed by atoms with van der Waals surface area (Å²) in [6.45, 7) is 2.30. The van der Waals surface area contributed by atoms with Crippen LogP contribution in [0, 0.1) is 10.1 Å². The van der Waals surface area contributed by atoms with Crippen LogP contribution in [-0.4, -0.2) is 23.2 Å². The highest BCUT2D eigenvalue weighted by molar-refractivity contribution is 5.82. The van der Waals surface area contributed by atoms with Crippen LogP contribution in [0.1, 0.15) is 57.4 Å². The highest BCUT2D eigenvalue weighted by Gasteiger charge is 2.15. The molecule has 2 aromatic carbocycles. The molecule has 0 aliphatic heterocycles. The number of hydrogen-bond acceptors (Lipinski definition) is 7. The molecule has 8 nitrogen and oxygen atoms in total. The summed E-state index contributed by atoms with van der Waals surface area (Å²) in [6.07, 6.45) is 8.08. The SMILES string of the molecule is CCCCCCCCC(C=CC(=O)OCc1ccccc1)OC(=O)Oc1ccc([N+](=O)[O-])cc1. The Kier molecular flexibility index (Phi) is 11.9. The molecule has 0 aromatic heterocycles. The fraction of sp³-hybridized carbons (Fsp3) is 0.385. The monoisotopic (exact) mass is 469 g/mol. The zero-order chi connectivity index (χ0) is 24.6. The number of nitro groups is 1. The average molecular weight is 470 g/mol. The van der Waals surface area contributed by atoms with Crippen LogP contribution in [0.3, 0.4) is 0 Å². The molecule has 2 aromatic rings. The van der Waals surface area contributed by atoms with Crippen LogP contribution < -0.4 is 4.74 Å². The predicted octanol–water partition coefficient (Wildman–Crippen LogP) is 6.53. The van der Waals surface area contributed by atoms with Crippen LogP contribution >= 0.6 is 0 Å². The number of ether oxygens (including phenoxy) is 3. The van der Waals surface area contributed by atoms with Crippen LogP contribution in [0.5, 0.6) is 5.75 Å². The van der Waals surface area contributed by atoms with Gasteiger partial charge in [-0.25, -0.2) is 9.59 Å². The molecule has 0 spiro atoms. The summed E-state index contributed by atoms with van der Waals surface area (Å²) in [6, 6.07) is 14.4. The number of carbonyl (C=O) groups excluding carboxylic acids is 2. The van der Waals surface area contributed by atoms with Gasteiger partial charge in [-0.2, -0.15) is 0 Å². The highest BCUT2D eigenvalue weighted by Crippen LogP contribution is 2.19. The topological polar surface area (TPSA) is 105 Å². The first-order chi connectivity index (χ1) is 16.5. The van der Waals surface area contributed by atoms with Crippen molar-refractivity contribution >= 4 is 17.8 Å².